The molecule has 0 saturated heterocycles. The number of hydrogen-bond acceptors (Lipinski definition) is 4. The normalized spacial score (nSPS) is 24.0. The van der Waals surface area contributed by atoms with Crippen LogP contribution in [0.5, 0.6) is 0 Å². The Kier molecular flexibility index (Phi) is 5.73. The summed E-state index contributed by atoms with van der Waals surface area (Å²) in [5.41, 5.74) is 2.16. The van der Waals surface area contributed by atoms with Gasteiger partial charge in [-0.1, -0.05) is 26.8 Å². The monoisotopic (exact) mass is 372 g/mol. The summed E-state index contributed by atoms with van der Waals surface area (Å²) in [6, 6.07) is 5.41. The topological polar surface area (TPSA) is 58.6 Å². The predicted molar refractivity (Wildman–Crippen MR) is 106 cm³/mol. The summed E-state index contributed by atoms with van der Waals surface area (Å²) in [7, 11) is 3.69. The Bertz CT molecular complexity index is 724. The molecular weight excluding hydrogens is 340 g/mol. The highest BCUT2D eigenvalue weighted by atomic mass is 16.5. The number of nitrogens with one attached hydrogen (secondary N) is 1. The van der Waals surface area contributed by atoms with Gasteiger partial charge in [0.05, 0.1) is 12.6 Å². The molecule has 2 atom stereocenters. The molecule has 2 aliphatic rings. The maximum atomic E-state index is 13.3. The highest BCUT2D eigenvalue weighted by Gasteiger charge is 2.46. The molecule has 0 radical (unpaired) electrons. The van der Waals surface area contributed by atoms with Gasteiger partial charge in [0, 0.05) is 31.3 Å². The Balaban J connectivity index is 1.88. The van der Waals surface area contributed by atoms with Crippen LogP contribution >= 0.6 is 0 Å². The van der Waals surface area contributed by atoms with Gasteiger partial charge in [0.1, 0.15) is 0 Å². The summed E-state index contributed by atoms with van der Waals surface area (Å²) < 4.78 is 4.98. The largest absolute Gasteiger partial charge is 0.383 e. The van der Waals surface area contributed by atoms with E-state index in [1.54, 1.807) is 13.2 Å². The van der Waals surface area contributed by atoms with Gasteiger partial charge in [-0.25, -0.2) is 0 Å². The number of benzene rings is 1. The smallest absolute Gasteiger partial charge is 0.251 e. The summed E-state index contributed by atoms with van der Waals surface area (Å²) in [6.07, 6.45) is 2.56. The van der Waals surface area contributed by atoms with Crippen LogP contribution in [-0.4, -0.2) is 56.5 Å². The van der Waals surface area contributed by atoms with E-state index in [0.717, 1.165) is 23.6 Å². The summed E-state index contributed by atoms with van der Waals surface area (Å²) in [5.74, 6) is 0.982. The second-order valence-electron chi connectivity index (χ2n) is 8.71. The molecule has 0 bridgehead atoms. The van der Waals surface area contributed by atoms with Crippen LogP contribution in [0, 0.1) is 11.8 Å². The molecule has 5 heteroatoms. The fraction of sp³-hybridized carbons (Fsp3) is 0.636. The van der Waals surface area contributed by atoms with E-state index in [9.17, 15) is 9.59 Å². The van der Waals surface area contributed by atoms with Crippen LogP contribution in [0.2, 0.25) is 0 Å². The van der Waals surface area contributed by atoms with Gasteiger partial charge < -0.3 is 10.1 Å². The third-order valence-corrected chi connectivity index (χ3v) is 6.43. The summed E-state index contributed by atoms with van der Waals surface area (Å²) in [5, 5.41) is 2.85. The van der Waals surface area contributed by atoms with Crippen LogP contribution in [0.15, 0.2) is 18.2 Å². The molecule has 3 rings (SSSR count). The second-order valence-corrected chi connectivity index (χ2v) is 8.71. The van der Waals surface area contributed by atoms with Gasteiger partial charge >= 0.3 is 0 Å². The Morgan fingerprint density at radius 3 is 2.67 bits per heavy atom. The fourth-order valence-electron chi connectivity index (χ4n) is 4.23. The van der Waals surface area contributed by atoms with Crippen LogP contribution in [0.25, 0.3) is 0 Å². The van der Waals surface area contributed by atoms with Crippen molar-refractivity contribution in [3.63, 3.8) is 0 Å². The minimum absolute atomic E-state index is 0.102. The first-order valence-corrected chi connectivity index (χ1v) is 9.93. The van der Waals surface area contributed by atoms with Crippen molar-refractivity contribution in [1.82, 2.24) is 10.2 Å². The maximum Gasteiger partial charge on any atom is 0.251 e. The molecule has 1 fully saturated rings. The molecular formula is C22H32N2O3. The van der Waals surface area contributed by atoms with Gasteiger partial charge in [0.15, 0.2) is 5.78 Å². The zero-order valence-electron chi connectivity index (χ0n) is 17.2. The predicted octanol–water partition coefficient (Wildman–Crippen LogP) is 2.88. The number of hydrogen-bond donors (Lipinski definition) is 1. The van der Waals surface area contributed by atoms with Crippen LogP contribution in [-0.2, 0) is 10.2 Å². The summed E-state index contributed by atoms with van der Waals surface area (Å²) in [6.45, 7) is 8.49. The molecule has 148 valence electrons. The molecule has 0 heterocycles. The number of carbonyl (C=O) groups is 2. The van der Waals surface area contributed by atoms with E-state index in [-0.39, 0.29) is 29.1 Å². The molecule has 1 unspecified atom stereocenters. The molecule has 0 aromatic heterocycles. The standard InChI is InChI=1S/C22H32N2O3/c1-14-19(24(4)13-15-6-7-15)20(25)17-9-8-16(12-18(17)22(14,2)3)21(26)23-10-11-27-5/h8-9,12,14-15,19H,6-7,10-11,13H2,1-5H3,(H,23,26)/t14-,19?/m0/s1. The highest BCUT2D eigenvalue weighted by Crippen LogP contribution is 2.43. The molecule has 1 N–H and O–H groups in total. The molecule has 0 spiro atoms. The van der Waals surface area contributed by atoms with Crippen molar-refractivity contribution in [2.24, 2.45) is 11.8 Å². The SMILES string of the molecule is COCCNC(=O)c1ccc2c(c1)C(C)(C)[C@@H](C)C(N(C)CC1CC1)C2=O. The van der Waals surface area contributed by atoms with Crippen molar-refractivity contribution in [2.75, 3.05) is 33.9 Å². The van der Waals surface area contributed by atoms with Crippen LogP contribution in [0.1, 0.15) is 59.9 Å². The van der Waals surface area contributed by atoms with Crippen LogP contribution in [0.3, 0.4) is 0 Å². The van der Waals surface area contributed by atoms with Crippen molar-refractivity contribution >= 4 is 11.7 Å². The maximum absolute atomic E-state index is 13.3. The average molecular weight is 373 g/mol. The van der Waals surface area contributed by atoms with Crippen molar-refractivity contribution in [2.45, 2.75) is 45.1 Å². The van der Waals surface area contributed by atoms with E-state index in [1.165, 1.54) is 12.8 Å². The van der Waals surface area contributed by atoms with E-state index in [4.69, 9.17) is 4.74 Å². The summed E-state index contributed by atoms with van der Waals surface area (Å²) >= 11 is 0. The number of methoxy groups -OCH3 is 1. The van der Waals surface area contributed by atoms with E-state index < -0.39 is 0 Å². The number of ketones is 1. The molecule has 2 aliphatic carbocycles. The van der Waals surface area contributed by atoms with E-state index in [0.29, 0.717) is 18.7 Å². The first-order valence-electron chi connectivity index (χ1n) is 9.93. The Morgan fingerprint density at radius 2 is 2.04 bits per heavy atom. The lowest BCUT2D eigenvalue weighted by Crippen LogP contribution is -2.53. The van der Waals surface area contributed by atoms with E-state index >= 15 is 0 Å². The lowest BCUT2D eigenvalue weighted by atomic mass is 9.63. The first-order chi connectivity index (χ1) is 12.8. The third-order valence-electron chi connectivity index (χ3n) is 6.43. The molecule has 1 saturated carbocycles. The van der Waals surface area contributed by atoms with Crippen LogP contribution < -0.4 is 5.32 Å². The number of fused-ring (bicyclic) bond motifs is 1. The quantitative estimate of drug-likeness (QED) is 0.748. The van der Waals surface area contributed by atoms with Crippen molar-refractivity contribution in [3.05, 3.63) is 34.9 Å². The molecule has 1 amide bonds. The zero-order chi connectivity index (χ0) is 19.8. The number of rotatable bonds is 7. The van der Waals surface area contributed by atoms with Gasteiger partial charge in [-0.2, -0.15) is 0 Å². The van der Waals surface area contributed by atoms with Crippen LogP contribution in [0.4, 0.5) is 0 Å². The lowest BCUT2D eigenvalue weighted by molar-refractivity contribution is 0.0649. The number of likely N-dealkylation sites (N-methyl/N-ethyl adjacent to an activating group) is 1. The first kappa shape index (κ1) is 20.0. The zero-order valence-corrected chi connectivity index (χ0v) is 17.2. The number of nitrogens with zero attached hydrogens (tertiary/aromatic N) is 1. The van der Waals surface area contributed by atoms with Crippen molar-refractivity contribution < 1.29 is 14.3 Å². The fourth-order valence-corrected chi connectivity index (χ4v) is 4.23. The number of carbonyl (C=O) groups excluding carboxylic acids is 2. The Hall–Kier alpha value is -1.72. The Morgan fingerprint density at radius 1 is 1.33 bits per heavy atom. The number of Topliss-reactive ketones (excluding diaryl/α,β-unsaturated/α-hetero) is 1. The van der Waals surface area contributed by atoms with Gasteiger partial charge in [0.25, 0.3) is 5.91 Å². The van der Waals surface area contributed by atoms with Gasteiger partial charge in [-0.15, -0.1) is 0 Å². The number of amides is 1. The molecule has 1 aromatic carbocycles. The Labute approximate surface area is 162 Å². The van der Waals surface area contributed by atoms with Gasteiger partial charge in [-0.05, 0) is 54.8 Å². The average Bonchev–Trinajstić information content (AvgIpc) is 3.44. The molecule has 1 aromatic rings. The highest BCUT2D eigenvalue weighted by molar-refractivity contribution is 6.04. The summed E-state index contributed by atoms with van der Waals surface area (Å²) in [4.78, 5) is 28.0. The van der Waals surface area contributed by atoms with E-state index in [1.807, 2.05) is 12.1 Å². The van der Waals surface area contributed by atoms with Gasteiger partial charge in [0.2, 0.25) is 0 Å². The molecule has 5 nitrogen and oxygen atoms in total. The molecule has 0 aliphatic heterocycles. The van der Waals surface area contributed by atoms with E-state index in [2.05, 4.69) is 38.0 Å². The lowest BCUT2D eigenvalue weighted by Gasteiger charge is -2.46. The number of ether oxygens (including phenoxy) is 1. The second kappa shape index (κ2) is 7.72. The van der Waals surface area contributed by atoms with Crippen molar-refractivity contribution in [1.29, 1.82) is 0 Å². The minimum atomic E-state index is -0.186. The third kappa shape index (κ3) is 3.94. The molecule has 27 heavy (non-hydrogen) atoms. The minimum Gasteiger partial charge on any atom is -0.383 e. The van der Waals surface area contributed by atoms with Crippen molar-refractivity contribution in [3.8, 4) is 0 Å². The van der Waals surface area contributed by atoms with Gasteiger partial charge in [-0.3, -0.25) is 14.5 Å².